The van der Waals surface area contributed by atoms with E-state index in [1.165, 1.54) is 18.3 Å². The Balaban J connectivity index is 2.19. The fourth-order valence-corrected chi connectivity index (χ4v) is 2.34. The molecule has 1 N–H and O–H groups in total. The van der Waals surface area contributed by atoms with Crippen LogP contribution < -0.4 is 0 Å². The molecule has 0 saturated heterocycles. The number of carbonyl (C=O) groups is 1. The molecule has 0 aliphatic carbocycles. The lowest BCUT2D eigenvalue weighted by atomic mass is 10.1. The SMILES string of the molecule is Cc1ccc(-c2nc(C(=O)O)cn2-c2cccc([N+](=O)[O-])c2)cc1. The predicted octanol–water partition coefficient (Wildman–Crippen LogP) is 3.45. The number of non-ortho nitro benzene ring substituents is 1. The Bertz CT molecular complexity index is 929. The van der Waals surface area contributed by atoms with Gasteiger partial charge in [0.2, 0.25) is 0 Å². The van der Waals surface area contributed by atoms with Crippen molar-refractivity contribution in [1.29, 1.82) is 0 Å². The minimum Gasteiger partial charge on any atom is -0.476 e. The number of aryl methyl sites for hydroxylation is 1. The highest BCUT2D eigenvalue weighted by Crippen LogP contribution is 2.25. The molecular weight excluding hydrogens is 310 g/mol. The van der Waals surface area contributed by atoms with Gasteiger partial charge in [-0.2, -0.15) is 0 Å². The number of hydrogen-bond donors (Lipinski definition) is 1. The fraction of sp³-hybridized carbons (Fsp3) is 0.0588. The topological polar surface area (TPSA) is 98.3 Å². The molecule has 0 spiro atoms. The Morgan fingerprint density at radius 2 is 1.92 bits per heavy atom. The Kier molecular flexibility index (Phi) is 3.83. The summed E-state index contributed by atoms with van der Waals surface area (Å²) < 4.78 is 1.54. The molecule has 0 aliphatic heterocycles. The van der Waals surface area contributed by atoms with Gasteiger partial charge < -0.3 is 5.11 Å². The second-order valence-electron chi connectivity index (χ2n) is 5.27. The molecule has 7 heteroatoms. The zero-order valence-electron chi connectivity index (χ0n) is 12.7. The van der Waals surface area contributed by atoms with Crippen LogP contribution in [0.4, 0.5) is 5.69 Å². The highest BCUT2D eigenvalue weighted by atomic mass is 16.6. The van der Waals surface area contributed by atoms with Crippen LogP contribution in [0, 0.1) is 17.0 Å². The lowest BCUT2D eigenvalue weighted by molar-refractivity contribution is -0.384. The van der Waals surface area contributed by atoms with Crippen LogP contribution in [0.25, 0.3) is 17.1 Å². The van der Waals surface area contributed by atoms with E-state index in [1.54, 1.807) is 16.7 Å². The average Bonchev–Trinajstić information content (AvgIpc) is 3.01. The molecule has 1 heterocycles. The molecule has 0 radical (unpaired) electrons. The highest BCUT2D eigenvalue weighted by Gasteiger charge is 2.17. The van der Waals surface area contributed by atoms with Crippen molar-refractivity contribution in [1.82, 2.24) is 9.55 Å². The number of aromatic nitrogens is 2. The zero-order chi connectivity index (χ0) is 17.3. The maximum Gasteiger partial charge on any atom is 0.356 e. The number of nitrogens with zero attached hydrogens (tertiary/aromatic N) is 3. The first-order valence-corrected chi connectivity index (χ1v) is 7.10. The summed E-state index contributed by atoms with van der Waals surface area (Å²) in [6.07, 6.45) is 1.36. The molecule has 0 amide bonds. The predicted molar refractivity (Wildman–Crippen MR) is 87.4 cm³/mol. The summed E-state index contributed by atoms with van der Waals surface area (Å²) in [6.45, 7) is 1.94. The third-order valence-corrected chi connectivity index (χ3v) is 3.55. The molecule has 3 aromatic rings. The minimum absolute atomic E-state index is 0.0760. The third-order valence-electron chi connectivity index (χ3n) is 3.55. The van der Waals surface area contributed by atoms with Crippen LogP contribution in [0.15, 0.2) is 54.7 Å². The summed E-state index contributed by atoms with van der Waals surface area (Å²) in [5.74, 6) is -0.750. The van der Waals surface area contributed by atoms with Crippen molar-refractivity contribution in [3.05, 3.63) is 76.1 Å². The molecule has 24 heavy (non-hydrogen) atoms. The van der Waals surface area contributed by atoms with Gasteiger partial charge in [-0.15, -0.1) is 0 Å². The first-order chi connectivity index (χ1) is 11.5. The van der Waals surface area contributed by atoms with Crippen molar-refractivity contribution < 1.29 is 14.8 Å². The maximum absolute atomic E-state index is 11.3. The molecule has 0 fully saturated rings. The number of carboxylic acids is 1. The molecular formula is C17H13N3O4. The molecule has 0 atom stereocenters. The van der Waals surface area contributed by atoms with Gasteiger partial charge in [0.05, 0.1) is 10.6 Å². The molecule has 120 valence electrons. The molecule has 7 nitrogen and oxygen atoms in total. The smallest absolute Gasteiger partial charge is 0.356 e. The molecule has 0 unspecified atom stereocenters. The van der Waals surface area contributed by atoms with Gasteiger partial charge in [-0.05, 0) is 13.0 Å². The summed E-state index contributed by atoms with van der Waals surface area (Å²) in [6, 6.07) is 13.4. The molecule has 2 aromatic carbocycles. The van der Waals surface area contributed by atoms with Crippen LogP contribution in [0.1, 0.15) is 16.1 Å². The van der Waals surface area contributed by atoms with E-state index in [4.69, 9.17) is 0 Å². The van der Waals surface area contributed by atoms with E-state index in [2.05, 4.69) is 4.98 Å². The minimum atomic E-state index is -1.16. The molecule has 0 bridgehead atoms. The molecule has 3 rings (SSSR count). The van der Waals surface area contributed by atoms with Crippen LogP contribution in [0.2, 0.25) is 0 Å². The summed E-state index contributed by atoms with van der Waals surface area (Å²) in [4.78, 5) is 25.9. The first kappa shape index (κ1) is 15.4. The molecule has 0 aliphatic rings. The van der Waals surface area contributed by atoms with E-state index >= 15 is 0 Å². The average molecular weight is 323 g/mol. The van der Waals surface area contributed by atoms with E-state index < -0.39 is 10.9 Å². The second kappa shape index (κ2) is 5.96. The number of nitro benzene ring substituents is 1. The van der Waals surface area contributed by atoms with Crippen molar-refractivity contribution in [3.8, 4) is 17.1 Å². The van der Waals surface area contributed by atoms with Gasteiger partial charge in [-0.1, -0.05) is 35.9 Å². The number of benzene rings is 2. The normalized spacial score (nSPS) is 10.5. The van der Waals surface area contributed by atoms with Crippen molar-refractivity contribution in [2.45, 2.75) is 6.92 Å². The quantitative estimate of drug-likeness (QED) is 0.585. The summed E-state index contributed by atoms with van der Waals surface area (Å²) in [5, 5.41) is 20.2. The zero-order valence-corrected chi connectivity index (χ0v) is 12.7. The Morgan fingerprint density at radius 3 is 2.54 bits per heavy atom. The number of hydrogen-bond acceptors (Lipinski definition) is 4. The van der Waals surface area contributed by atoms with E-state index in [-0.39, 0.29) is 11.4 Å². The maximum atomic E-state index is 11.3. The second-order valence-corrected chi connectivity index (χ2v) is 5.27. The number of aromatic carboxylic acids is 1. The lowest BCUT2D eigenvalue weighted by Gasteiger charge is -2.08. The van der Waals surface area contributed by atoms with Crippen molar-refractivity contribution in [3.63, 3.8) is 0 Å². The van der Waals surface area contributed by atoms with E-state index in [1.807, 2.05) is 31.2 Å². The van der Waals surface area contributed by atoms with E-state index in [0.717, 1.165) is 11.1 Å². The van der Waals surface area contributed by atoms with Crippen molar-refractivity contribution in [2.75, 3.05) is 0 Å². The highest BCUT2D eigenvalue weighted by molar-refractivity contribution is 5.86. The van der Waals surface area contributed by atoms with Gasteiger partial charge in [-0.3, -0.25) is 14.7 Å². The summed E-state index contributed by atoms with van der Waals surface area (Å²) in [5.41, 5.74) is 2.05. The van der Waals surface area contributed by atoms with Gasteiger partial charge in [-0.25, -0.2) is 9.78 Å². The van der Waals surface area contributed by atoms with Crippen LogP contribution in [-0.4, -0.2) is 25.6 Å². The van der Waals surface area contributed by atoms with Crippen LogP contribution in [-0.2, 0) is 0 Å². The number of imidazole rings is 1. The van der Waals surface area contributed by atoms with Crippen LogP contribution in [0.5, 0.6) is 0 Å². The first-order valence-electron chi connectivity index (χ1n) is 7.10. The van der Waals surface area contributed by atoms with Gasteiger partial charge in [0.1, 0.15) is 5.82 Å². The van der Waals surface area contributed by atoms with Crippen LogP contribution >= 0.6 is 0 Å². The Labute approximate surface area is 137 Å². The lowest BCUT2D eigenvalue weighted by Crippen LogP contribution is -1.97. The Morgan fingerprint density at radius 1 is 1.21 bits per heavy atom. The number of nitro groups is 1. The van der Waals surface area contributed by atoms with Gasteiger partial charge in [0, 0.05) is 23.9 Å². The third kappa shape index (κ3) is 2.87. The van der Waals surface area contributed by atoms with Gasteiger partial charge in [0.15, 0.2) is 5.69 Å². The van der Waals surface area contributed by atoms with Crippen molar-refractivity contribution >= 4 is 11.7 Å². The standard InChI is InChI=1S/C17H13N3O4/c1-11-5-7-12(8-6-11)16-18-15(17(21)22)10-19(16)13-3-2-4-14(9-13)20(23)24/h2-10H,1H3,(H,21,22). The van der Waals surface area contributed by atoms with E-state index in [9.17, 15) is 20.0 Å². The summed E-state index contributed by atoms with van der Waals surface area (Å²) in [7, 11) is 0. The number of rotatable bonds is 4. The summed E-state index contributed by atoms with van der Waals surface area (Å²) >= 11 is 0. The molecule has 0 saturated carbocycles. The Hall–Kier alpha value is -3.48. The largest absolute Gasteiger partial charge is 0.476 e. The monoisotopic (exact) mass is 323 g/mol. The van der Waals surface area contributed by atoms with Crippen LogP contribution in [0.3, 0.4) is 0 Å². The van der Waals surface area contributed by atoms with Gasteiger partial charge in [0.25, 0.3) is 5.69 Å². The van der Waals surface area contributed by atoms with E-state index in [0.29, 0.717) is 11.5 Å². The molecule has 1 aromatic heterocycles. The van der Waals surface area contributed by atoms with Crippen molar-refractivity contribution in [2.24, 2.45) is 0 Å². The fourth-order valence-electron chi connectivity index (χ4n) is 2.34. The number of carboxylic acid groups (broad SMARTS) is 1. The van der Waals surface area contributed by atoms with Gasteiger partial charge >= 0.3 is 5.97 Å².